The van der Waals surface area contributed by atoms with Gasteiger partial charge in [0.25, 0.3) is 0 Å². The van der Waals surface area contributed by atoms with Crippen molar-refractivity contribution < 1.29 is 0 Å². The summed E-state index contributed by atoms with van der Waals surface area (Å²) in [6, 6.07) is 6.18. The molecule has 98 valence electrons. The second-order valence-electron chi connectivity index (χ2n) is 5.69. The van der Waals surface area contributed by atoms with Gasteiger partial charge < -0.3 is 5.32 Å². The maximum Gasteiger partial charge on any atom is 0.0454 e. The minimum Gasteiger partial charge on any atom is -0.310 e. The van der Waals surface area contributed by atoms with Gasteiger partial charge in [0.2, 0.25) is 0 Å². The lowest BCUT2D eigenvalue weighted by atomic mass is 9.89. The number of benzene rings is 1. The Morgan fingerprint density at radius 1 is 1.22 bits per heavy atom. The molecular weight excluding hydrogens is 265 g/mol. The number of halogens is 2. The van der Waals surface area contributed by atoms with E-state index in [4.69, 9.17) is 23.2 Å². The average Bonchev–Trinajstić information content (AvgIpc) is 2.97. The molecule has 0 radical (unpaired) electrons. The molecule has 2 aliphatic carbocycles. The quantitative estimate of drug-likeness (QED) is 0.845. The fourth-order valence-electron chi connectivity index (χ4n) is 3.54. The van der Waals surface area contributed by atoms with Crippen LogP contribution in [0.15, 0.2) is 18.2 Å². The molecule has 18 heavy (non-hydrogen) atoms. The Morgan fingerprint density at radius 3 is 2.61 bits per heavy atom. The first-order valence-corrected chi connectivity index (χ1v) is 7.63. The van der Waals surface area contributed by atoms with Crippen LogP contribution in [0.25, 0.3) is 0 Å². The monoisotopic (exact) mass is 283 g/mol. The van der Waals surface area contributed by atoms with Crippen LogP contribution >= 0.6 is 23.2 Å². The molecule has 3 unspecified atom stereocenters. The number of rotatable bonds is 4. The molecule has 2 saturated carbocycles. The first-order chi connectivity index (χ1) is 8.69. The maximum absolute atomic E-state index is 6.35. The first kappa shape index (κ1) is 12.8. The van der Waals surface area contributed by atoms with E-state index in [9.17, 15) is 0 Å². The highest BCUT2D eigenvalue weighted by molar-refractivity contribution is 6.33. The summed E-state index contributed by atoms with van der Waals surface area (Å²) in [6.07, 6.45) is 4.16. The topological polar surface area (TPSA) is 12.0 Å². The molecule has 3 atom stereocenters. The smallest absolute Gasteiger partial charge is 0.0454 e. The van der Waals surface area contributed by atoms with Gasteiger partial charge in [-0.05, 0) is 67.3 Å². The van der Waals surface area contributed by atoms with E-state index in [2.05, 4.69) is 12.2 Å². The predicted molar refractivity (Wildman–Crippen MR) is 77.2 cm³/mol. The molecule has 0 aromatic heterocycles. The molecule has 0 spiro atoms. The van der Waals surface area contributed by atoms with Crippen molar-refractivity contribution in [2.75, 3.05) is 6.54 Å². The van der Waals surface area contributed by atoms with Crippen molar-refractivity contribution in [3.63, 3.8) is 0 Å². The molecule has 0 aliphatic heterocycles. The standard InChI is InChI=1S/C15H19Cl2N/c1-2-18-15(11-6-9-5-10(9)7-11)13-8-12(16)3-4-14(13)17/h3-4,8-11,15,18H,2,5-7H2,1H3. The summed E-state index contributed by atoms with van der Waals surface area (Å²) in [5, 5.41) is 5.22. The van der Waals surface area contributed by atoms with E-state index in [0.717, 1.165) is 34.3 Å². The van der Waals surface area contributed by atoms with Gasteiger partial charge in [-0.3, -0.25) is 0 Å². The van der Waals surface area contributed by atoms with Gasteiger partial charge in [0.1, 0.15) is 0 Å². The molecule has 2 aliphatic rings. The van der Waals surface area contributed by atoms with Crippen LogP contribution in [-0.4, -0.2) is 6.54 Å². The van der Waals surface area contributed by atoms with Crippen LogP contribution in [0.4, 0.5) is 0 Å². The minimum absolute atomic E-state index is 0.369. The van der Waals surface area contributed by atoms with Crippen LogP contribution < -0.4 is 5.32 Å². The molecule has 0 heterocycles. The summed E-state index contributed by atoms with van der Waals surface area (Å²) in [5.41, 5.74) is 1.18. The number of hydrogen-bond acceptors (Lipinski definition) is 1. The number of fused-ring (bicyclic) bond motifs is 1. The van der Waals surface area contributed by atoms with Crippen molar-refractivity contribution in [2.45, 2.75) is 32.2 Å². The predicted octanol–water partition coefficient (Wildman–Crippen LogP) is 4.69. The van der Waals surface area contributed by atoms with Crippen LogP contribution in [0, 0.1) is 17.8 Å². The zero-order valence-electron chi connectivity index (χ0n) is 10.6. The van der Waals surface area contributed by atoms with Crippen LogP contribution in [0.5, 0.6) is 0 Å². The Balaban J connectivity index is 1.85. The molecule has 1 aromatic carbocycles. The van der Waals surface area contributed by atoms with Crippen molar-refractivity contribution in [3.8, 4) is 0 Å². The summed E-state index contributed by atoms with van der Waals surface area (Å²) in [6.45, 7) is 3.13. The Hall–Kier alpha value is -0.240. The maximum atomic E-state index is 6.35. The second kappa shape index (κ2) is 5.03. The Morgan fingerprint density at radius 2 is 1.94 bits per heavy atom. The normalized spacial score (nSPS) is 31.2. The van der Waals surface area contributed by atoms with Crippen molar-refractivity contribution in [1.82, 2.24) is 5.32 Å². The fourth-order valence-corrected chi connectivity index (χ4v) is 3.95. The Kier molecular flexibility index (Phi) is 3.57. The van der Waals surface area contributed by atoms with Gasteiger partial charge in [-0.2, -0.15) is 0 Å². The van der Waals surface area contributed by atoms with E-state index < -0.39 is 0 Å². The van der Waals surface area contributed by atoms with Gasteiger partial charge in [-0.15, -0.1) is 0 Å². The first-order valence-electron chi connectivity index (χ1n) is 6.87. The van der Waals surface area contributed by atoms with Gasteiger partial charge in [0, 0.05) is 16.1 Å². The van der Waals surface area contributed by atoms with Gasteiger partial charge in [0.05, 0.1) is 0 Å². The highest BCUT2D eigenvalue weighted by Crippen LogP contribution is 2.57. The largest absolute Gasteiger partial charge is 0.310 e. The average molecular weight is 284 g/mol. The third kappa shape index (κ3) is 2.41. The Bertz CT molecular complexity index is 436. The van der Waals surface area contributed by atoms with E-state index in [1.807, 2.05) is 18.2 Å². The number of nitrogens with one attached hydrogen (secondary N) is 1. The third-order valence-corrected chi connectivity index (χ3v) is 5.05. The Labute approximate surface area is 119 Å². The molecule has 0 saturated heterocycles. The van der Waals surface area contributed by atoms with E-state index in [1.54, 1.807) is 0 Å². The van der Waals surface area contributed by atoms with Gasteiger partial charge in [-0.25, -0.2) is 0 Å². The lowest BCUT2D eigenvalue weighted by Gasteiger charge is -2.27. The summed E-state index contributed by atoms with van der Waals surface area (Å²) < 4.78 is 0. The van der Waals surface area contributed by atoms with Gasteiger partial charge in [0.15, 0.2) is 0 Å². The highest BCUT2D eigenvalue weighted by Gasteiger charge is 2.48. The SMILES string of the molecule is CCNC(c1cc(Cl)ccc1Cl)C1CC2CC2C1. The van der Waals surface area contributed by atoms with Crippen LogP contribution in [-0.2, 0) is 0 Å². The lowest BCUT2D eigenvalue weighted by molar-refractivity contribution is 0.347. The van der Waals surface area contributed by atoms with E-state index in [0.29, 0.717) is 6.04 Å². The second-order valence-corrected chi connectivity index (χ2v) is 6.53. The molecule has 2 fully saturated rings. The highest BCUT2D eigenvalue weighted by atomic mass is 35.5. The molecule has 1 aromatic rings. The molecule has 1 nitrogen and oxygen atoms in total. The van der Waals surface area contributed by atoms with E-state index in [-0.39, 0.29) is 0 Å². The lowest BCUT2D eigenvalue weighted by Crippen LogP contribution is -2.28. The minimum atomic E-state index is 0.369. The van der Waals surface area contributed by atoms with Crippen LogP contribution in [0.2, 0.25) is 10.0 Å². The van der Waals surface area contributed by atoms with Crippen molar-refractivity contribution >= 4 is 23.2 Å². The zero-order chi connectivity index (χ0) is 12.7. The van der Waals surface area contributed by atoms with Crippen molar-refractivity contribution in [1.29, 1.82) is 0 Å². The molecule has 1 N–H and O–H groups in total. The van der Waals surface area contributed by atoms with Gasteiger partial charge >= 0.3 is 0 Å². The van der Waals surface area contributed by atoms with Crippen molar-refractivity contribution in [3.05, 3.63) is 33.8 Å². The molecular formula is C15H19Cl2N. The molecule has 0 amide bonds. The van der Waals surface area contributed by atoms with Crippen LogP contribution in [0.3, 0.4) is 0 Å². The summed E-state index contributed by atoms with van der Waals surface area (Å²) in [4.78, 5) is 0. The summed E-state index contributed by atoms with van der Waals surface area (Å²) in [7, 11) is 0. The summed E-state index contributed by atoms with van der Waals surface area (Å²) >= 11 is 12.5. The molecule has 3 rings (SSSR count). The van der Waals surface area contributed by atoms with E-state index in [1.165, 1.54) is 24.8 Å². The molecule has 3 heteroatoms. The fraction of sp³-hybridized carbons (Fsp3) is 0.600. The van der Waals surface area contributed by atoms with E-state index >= 15 is 0 Å². The third-order valence-electron chi connectivity index (χ3n) is 4.47. The number of hydrogen-bond donors (Lipinski definition) is 1. The van der Waals surface area contributed by atoms with Crippen LogP contribution in [0.1, 0.15) is 37.8 Å². The molecule has 0 bridgehead atoms. The van der Waals surface area contributed by atoms with Crippen molar-refractivity contribution in [2.24, 2.45) is 17.8 Å². The van der Waals surface area contributed by atoms with Gasteiger partial charge in [-0.1, -0.05) is 30.1 Å². The summed E-state index contributed by atoms with van der Waals surface area (Å²) in [5.74, 6) is 2.72. The zero-order valence-corrected chi connectivity index (χ0v) is 12.1.